The van der Waals surface area contributed by atoms with E-state index in [1.165, 1.54) is 5.56 Å². The van der Waals surface area contributed by atoms with E-state index in [1.54, 1.807) is 7.11 Å². The van der Waals surface area contributed by atoms with Crippen molar-refractivity contribution in [3.8, 4) is 0 Å². The third kappa shape index (κ3) is 3.56. The maximum atomic E-state index is 6.28. The first kappa shape index (κ1) is 17.2. The summed E-state index contributed by atoms with van der Waals surface area (Å²) < 4.78 is 12.8. The fraction of sp³-hybridized carbons (Fsp3) is 0.300. The molecule has 0 saturated heterocycles. The van der Waals surface area contributed by atoms with Crippen molar-refractivity contribution in [3.05, 3.63) is 82.5 Å². The van der Waals surface area contributed by atoms with E-state index in [2.05, 4.69) is 76.4 Å². The molecule has 0 bridgehead atoms. The van der Waals surface area contributed by atoms with Crippen molar-refractivity contribution < 1.29 is 9.47 Å². The van der Waals surface area contributed by atoms with Gasteiger partial charge in [-0.05, 0) is 36.3 Å². The largest absolute Gasteiger partial charge is 0.381 e. The highest BCUT2D eigenvalue weighted by molar-refractivity contribution is 9.10. The monoisotopic (exact) mass is 387 g/mol. The number of hydrogen-bond donors (Lipinski definition) is 0. The van der Waals surface area contributed by atoms with Gasteiger partial charge in [0.15, 0.2) is 0 Å². The molecule has 4 heteroatoms. The molecule has 24 heavy (non-hydrogen) atoms. The van der Waals surface area contributed by atoms with Gasteiger partial charge in [0.2, 0.25) is 0 Å². The minimum atomic E-state index is -0.522. The molecule has 0 fully saturated rings. The molecule has 2 aromatic rings. The molecule has 1 aliphatic heterocycles. The summed E-state index contributed by atoms with van der Waals surface area (Å²) in [5, 5.41) is 0. The molecule has 0 saturated carbocycles. The van der Waals surface area contributed by atoms with Crippen LogP contribution < -0.4 is 0 Å². The van der Waals surface area contributed by atoms with Gasteiger partial charge in [0.25, 0.3) is 0 Å². The predicted octanol–water partition coefficient (Wildman–Crippen LogP) is 4.86. The summed E-state index contributed by atoms with van der Waals surface area (Å²) in [7, 11) is 1.71. The first-order valence-electron chi connectivity index (χ1n) is 8.03. The van der Waals surface area contributed by atoms with Crippen LogP contribution in [0, 0.1) is 0 Å². The van der Waals surface area contributed by atoms with E-state index >= 15 is 0 Å². The summed E-state index contributed by atoms with van der Waals surface area (Å²) >= 11 is 3.48. The number of nitrogens with zero attached hydrogens (tertiary/aromatic N) is 1. The van der Waals surface area contributed by atoms with Crippen LogP contribution in [0.1, 0.15) is 24.1 Å². The molecule has 3 rings (SSSR count). The van der Waals surface area contributed by atoms with Crippen LogP contribution in [0.5, 0.6) is 0 Å². The van der Waals surface area contributed by atoms with Crippen molar-refractivity contribution in [2.75, 3.05) is 20.4 Å². The van der Waals surface area contributed by atoms with Gasteiger partial charge in [0.1, 0.15) is 12.3 Å². The summed E-state index contributed by atoms with van der Waals surface area (Å²) in [6.07, 6.45) is 4.23. The smallest absolute Gasteiger partial charge is 0.138 e. The van der Waals surface area contributed by atoms with E-state index in [9.17, 15) is 0 Å². The number of benzene rings is 2. The molecule has 0 unspecified atom stereocenters. The summed E-state index contributed by atoms with van der Waals surface area (Å²) in [4.78, 5) is 2.19. The molecule has 0 spiro atoms. The minimum Gasteiger partial charge on any atom is -0.381 e. The summed E-state index contributed by atoms with van der Waals surface area (Å²) in [6.45, 7) is 3.20. The Bertz CT molecular complexity index is 687. The van der Waals surface area contributed by atoms with Gasteiger partial charge < -0.3 is 14.4 Å². The zero-order valence-corrected chi connectivity index (χ0v) is 15.6. The second kappa shape index (κ2) is 7.51. The first-order valence-corrected chi connectivity index (χ1v) is 8.83. The lowest BCUT2D eigenvalue weighted by molar-refractivity contribution is -0.112. The van der Waals surface area contributed by atoms with Crippen LogP contribution >= 0.6 is 15.9 Å². The molecule has 0 aromatic heterocycles. The van der Waals surface area contributed by atoms with E-state index in [0.29, 0.717) is 13.3 Å². The Kier molecular flexibility index (Phi) is 5.39. The highest BCUT2D eigenvalue weighted by Gasteiger charge is 2.34. The van der Waals surface area contributed by atoms with Gasteiger partial charge in [-0.1, -0.05) is 58.4 Å². The van der Waals surface area contributed by atoms with Gasteiger partial charge in [-0.25, -0.2) is 0 Å². The fourth-order valence-corrected chi connectivity index (χ4v) is 3.22. The topological polar surface area (TPSA) is 21.7 Å². The van der Waals surface area contributed by atoms with E-state index in [0.717, 1.165) is 10.0 Å². The van der Waals surface area contributed by atoms with Crippen molar-refractivity contribution in [2.24, 2.45) is 0 Å². The lowest BCUT2D eigenvalue weighted by atomic mass is 9.93. The summed E-state index contributed by atoms with van der Waals surface area (Å²) in [6, 6.07) is 18.9. The molecule has 0 N–H and O–H groups in total. The highest BCUT2D eigenvalue weighted by atomic mass is 79.9. The summed E-state index contributed by atoms with van der Waals surface area (Å²) in [5.74, 6) is 0. The number of halogens is 1. The van der Waals surface area contributed by atoms with Gasteiger partial charge >= 0.3 is 0 Å². The van der Waals surface area contributed by atoms with Crippen LogP contribution in [0.25, 0.3) is 0 Å². The van der Waals surface area contributed by atoms with Crippen molar-refractivity contribution in [1.82, 2.24) is 4.90 Å². The molecule has 1 heterocycles. The Morgan fingerprint density at radius 1 is 1.17 bits per heavy atom. The molecule has 0 aliphatic carbocycles. The van der Waals surface area contributed by atoms with Gasteiger partial charge in [0, 0.05) is 17.8 Å². The lowest BCUT2D eigenvalue weighted by Gasteiger charge is -2.40. The Morgan fingerprint density at radius 3 is 2.46 bits per heavy atom. The van der Waals surface area contributed by atoms with Crippen molar-refractivity contribution in [1.29, 1.82) is 0 Å². The molecule has 126 valence electrons. The zero-order valence-electron chi connectivity index (χ0n) is 14.0. The van der Waals surface area contributed by atoms with Crippen LogP contribution in [0.3, 0.4) is 0 Å². The lowest BCUT2D eigenvalue weighted by Crippen LogP contribution is -2.41. The second-order valence-electron chi connectivity index (χ2n) is 6.02. The standard InChI is InChI=1S/C20H22BrNO2/c1-16(17-8-10-19(21)11-9-17)22-13-12-20(14-23-2,24-15-22)18-6-4-3-5-7-18/h3-13,16H,14-15H2,1-2H3/t16-,20-/m0/s1. The predicted molar refractivity (Wildman–Crippen MR) is 99.5 cm³/mol. The van der Waals surface area contributed by atoms with Gasteiger partial charge in [-0.15, -0.1) is 0 Å². The number of rotatable bonds is 5. The van der Waals surface area contributed by atoms with Crippen molar-refractivity contribution >= 4 is 15.9 Å². The second-order valence-corrected chi connectivity index (χ2v) is 6.94. The van der Waals surface area contributed by atoms with E-state index in [1.807, 2.05) is 18.2 Å². The van der Waals surface area contributed by atoms with Gasteiger partial charge in [-0.2, -0.15) is 0 Å². The fourth-order valence-electron chi connectivity index (χ4n) is 2.96. The first-order chi connectivity index (χ1) is 11.6. The summed E-state index contributed by atoms with van der Waals surface area (Å²) in [5.41, 5.74) is 1.84. The van der Waals surface area contributed by atoms with Gasteiger partial charge in [0.05, 0.1) is 12.6 Å². The van der Waals surface area contributed by atoms with Crippen LogP contribution in [-0.4, -0.2) is 25.3 Å². The molecule has 0 radical (unpaired) electrons. The van der Waals surface area contributed by atoms with E-state index < -0.39 is 5.60 Å². The SMILES string of the molecule is COC[C@]1(c2ccccc2)C=CN([C@@H](C)c2ccc(Br)cc2)CO1. The molecular weight excluding hydrogens is 366 g/mol. The molecule has 1 aliphatic rings. The van der Waals surface area contributed by atoms with Crippen molar-refractivity contribution in [2.45, 2.75) is 18.6 Å². The van der Waals surface area contributed by atoms with Gasteiger partial charge in [-0.3, -0.25) is 0 Å². The zero-order chi connectivity index (χ0) is 17.0. The van der Waals surface area contributed by atoms with Crippen LogP contribution in [0.4, 0.5) is 0 Å². The van der Waals surface area contributed by atoms with Crippen LogP contribution in [0.15, 0.2) is 71.3 Å². The van der Waals surface area contributed by atoms with Crippen molar-refractivity contribution in [3.63, 3.8) is 0 Å². The quantitative estimate of drug-likeness (QED) is 0.731. The molecular formula is C20H22BrNO2. The Balaban J connectivity index is 1.82. The molecule has 2 atom stereocenters. The number of hydrogen-bond acceptors (Lipinski definition) is 3. The highest BCUT2D eigenvalue weighted by Crippen LogP contribution is 2.34. The number of ether oxygens (including phenoxy) is 2. The number of methoxy groups -OCH3 is 1. The molecule has 2 aromatic carbocycles. The maximum absolute atomic E-state index is 6.28. The third-order valence-corrected chi connectivity index (χ3v) is 5.01. The third-order valence-electron chi connectivity index (χ3n) is 4.48. The average Bonchev–Trinajstić information content (AvgIpc) is 2.63. The average molecular weight is 388 g/mol. The Hall–Kier alpha value is -1.62. The van der Waals surface area contributed by atoms with Crippen LogP contribution in [0.2, 0.25) is 0 Å². The normalized spacial score (nSPS) is 21.7. The molecule has 3 nitrogen and oxygen atoms in total. The molecule has 0 amide bonds. The van der Waals surface area contributed by atoms with E-state index in [4.69, 9.17) is 9.47 Å². The van der Waals surface area contributed by atoms with Crippen LogP contribution in [-0.2, 0) is 15.1 Å². The minimum absolute atomic E-state index is 0.241. The van der Waals surface area contributed by atoms with E-state index in [-0.39, 0.29) is 6.04 Å². The maximum Gasteiger partial charge on any atom is 0.138 e. The Morgan fingerprint density at radius 2 is 1.88 bits per heavy atom. The Labute approximate surface area is 152 Å².